The Balaban J connectivity index is 2.06. The van der Waals surface area contributed by atoms with Gasteiger partial charge in [0.15, 0.2) is 11.5 Å². The van der Waals surface area contributed by atoms with Crippen molar-refractivity contribution in [2.24, 2.45) is 0 Å². The highest BCUT2D eigenvalue weighted by molar-refractivity contribution is 7.19. The Morgan fingerprint density at radius 1 is 1.13 bits per heavy atom. The second kappa shape index (κ2) is 8.77. The summed E-state index contributed by atoms with van der Waals surface area (Å²) in [5, 5.41) is 9.76. The Morgan fingerprint density at radius 2 is 1.77 bits per heavy atom. The largest absolute Gasteiger partial charge is 0.493 e. The maximum absolute atomic E-state index is 12.9. The SMILES string of the molecule is COc1cc(C=C(C#N)c2nc3cc(C(F)(F)F)ccc3s2)cc(OC)c1OC(F)F. The lowest BCUT2D eigenvalue weighted by Crippen LogP contribution is -2.05. The lowest BCUT2D eigenvalue weighted by Gasteiger charge is -2.14. The predicted molar refractivity (Wildman–Crippen MR) is 104 cm³/mol. The molecule has 2 aromatic carbocycles. The molecule has 0 fully saturated rings. The minimum absolute atomic E-state index is 0.0534. The molecule has 0 aliphatic rings. The predicted octanol–water partition coefficient (Wildman–Crippen LogP) is 6.00. The molecule has 0 saturated heterocycles. The third-order valence-corrected chi connectivity index (χ3v) is 5.14. The van der Waals surface area contributed by atoms with Gasteiger partial charge in [0.05, 0.1) is 35.6 Å². The van der Waals surface area contributed by atoms with E-state index >= 15 is 0 Å². The van der Waals surface area contributed by atoms with Crippen molar-refractivity contribution < 1.29 is 36.2 Å². The van der Waals surface area contributed by atoms with Crippen LogP contribution in [0.15, 0.2) is 30.3 Å². The minimum Gasteiger partial charge on any atom is -0.493 e. The maximum atomic E-state index is 12.9. The zero-order valence-electron chi connectivity index (χ0n) is 16.0. The van der Waals surface area contributed by atoms with Crippen LogP contribution in [-0.4, -0.2) is 25.8 Å². The second-order valence-corrected chi connectivity index (χ2v) is 7.03. The number of nitriles is 1. The van der Waals surface area contributed by atoms with E-state index in [0.717, 1.165) is 23.5 Å². The van der Waals surface area contributed by atoms with Crippen molar-refractivity contribution >= 4 is 33.2 Å². The number of hydrogen-bond donors (Lipinski definition) is 0. The summed E-state index contributed by atoms with van der Waals surface area (Å²) in [7, 11) is 2.50. The van der Waals surface area contributed by atoms with E-state index in [9.17, 15) is 27.2 Å². The number of ether oxygens (including phenoxy) is 3. The zero-order chi connectivity index (χ0) is 22.8. The molecule has 0 aliphatic carbocycles. The highest BCUT2D eigenvalue weighted by Gasteiger charge is 2.31. The zero-order valence-corrected chi connectivity index (χ0v) is 16.8. The summed E-state index contributed by atoms with van der Waals surface area (Å²) in [5.74, 6) is -0.417. The molecule has 0 radical (unpaired) electrons. The standard InChI is InChI=1S/C20H13F5N2O3S/c1-28-14-6-10(7-15(29-2)17(14)30-19(21)22)5-11(9-26)18-27-13-8-12(20(23,24)25)3-4-16(13)31-18/h3-8,19H,1-2H3. The molecule has 3 aromatic rings. The molecule has 162 valence electrons. The van der Waals surface area contributed by atoms with E-state index in [1.165, 1.54) is 38.5 Å². The quantitative estimate of drug-likeness (QED) is 0.336. The van der Waals surface area contributed by atoms with E-state index in [1.807, 2.05) is 6.07 Å². The fourth-order valence-electron chi connectivity index (χ4n) is 2.72. The summed E-state index contributed by atoms with van der Waals surface area (Å²) in [4.78, 5) is 4.14. The van der Waals surface area contributed by atoms with Gasteiger partial charge in [-0.3, -0.25) is 0 Å². The number of rotatable bonds is 6. The van der Waals surface area contributed by atoms with Gasteiger partial charge in [0.25, 0.3) is 0 Å². The molecule has 0 bridgehead atoms. The van der Waals surface area contributed by atoms with Crippen molar-refractivity contribution in [3.8, 4) is 23.3 Å². The molecule has 31 heavy (non-hydrogen) atoms. The van der Waals surface area contributed by atoms with Gasteiger partial charge in [-0.1, -0.05) is 0 Å². The third kappa shape index (κ3) is 4.86. The van der Waals surface area contributed by atoms with Crippen LogP contribution in [-0.2, 0) is 6.18 Å². The lowest BCUT2D eigenvalue weighted by molar-refractivity contribution is -0.137. The van der Waals surface area contributed by atoms with Crippen LogP contribution in [0, 0.1) is 11.3 Å². The monoisotopic (exact) mass is 456 g/mol. The lowest BCUT2D eigenvalue weighted by atomic mass is 10.1. The van der Waals surface area contributed by atoms with Crippen LogP contribution in [0.2, 0.25) is 0 Å². The van der Waals surface area contributed by atoms with Gasteiger partial charge < -0.3 is 14.2 Å². The first kappa shape index (κ1) is 22.3. The van der Waals surface area contributed by atoms with E-state index in [2.05, 4.69) is 9.72 Å². The molecule has 0 N–H and O–H groups in total. The molecule has 1 heterocycles. The fourth-order valence-corrected chi connectivity index (χ4v) is 3.63. The highest BCUT2D eigenvalue weighted by atomic mass is 32.1. The molecule has 1 aromatic heterocycles. The van der Waals surface area contributed by atoms with Crippen LogP contribution >= 0.6 is 11.3 Å². The van der Waals surface area contributed by atoms with Crippen molar-refractivity contribution in [1.29, 1.82) is 5.26 Å². The van der Waals surface area contributed by atoms with E-state index in [4.69, 9.17) is 9.47 Å². The van der Waals surface area contributed by atoms with Crippen molar-refractivity contribution in [3.05, 3.63) is 46.5 Å². The Kier molecular flexibility index (Phi) is 6.31. The van der Waals surface area contributed by atoms with Gasteiger partial charge in [-0.25, -0.2) is 4.98 Å². The number of allylic oxidation sites excluding steroid dienone is 1. The van der Waals surface area contributed by atoms with Crippen LogP contribution in [0.3, 0.4) is 0 Å². The smallest absolute Gasteiger partial charge is 0.416 e. The fraction of sp³-hybridized carbons (Fsp3) is 0.200. The first-order valence-corrected chi connectivity index (χ1v) is 9.28. The van der Waals surface area contributed by atoms with Gasteiger partial charge in [-0.15, -0.1) is 11.3 Å². The summed E-state index contributed by atoms with van der Waals surface area (Å²) in [6.45, 7) is -3.11. The topological polar surface area (TPSA) is 64.4 Å². The summed E-state index contributed by atoms with van der Waals surface area (Å²) < 4.78 is 79.2. The number of methoxy groups -OCH3 is 2. The summed E-state index contributed by atoms with van der Waals surface area (Å²) in [5.41, 5.74) is -0.334. The van der Waals surface area contributed by atoms with Gasteiger partial charge >= 0.3 is 12.8 Å². The number of halogens is 5. The van der Waals surface area contributed by atoms with Crippen LogP contribution in [0.1, 0.15) is 16.1 Å². The molecule has 0 saturated carbocycles. The van der Waals surface area contributed by atoms with Gasteiger partial charge in [0, 0.05) is 0 Å². The normalized spacial score (nSPS) is 12.2. The second-order valence-electron chi connectivity index (χ2n) is 6.00. The molecule has 0 amide bonds. The number of fused-ring (bicyclic) bond motifs is 1. The van der Waals surface area contributed by atoms with Gasteiger partial charge in [-0.05, 0) is 42.0 Å². The van der Waals surface area contributed by atoms with E-state index in [0.29, 0.717) is 10.3 Å². The van der Waals surface area contributed by atoms with Crippen LogP contribution in [0.25, 0.3) is 21.9 Å². The molecule has 11 heteroatoms. The highest BCUT2D eigenvalue weighted by Crippen LogP contribution is 2.41. The van der Waals surface area contributed by atoms with Crippen molar-refractivity contribution in [2.75, 3.05) is 14.2 Å². The molecule has 0 atom stereocenters. The molecule has 0 aliphatic heterocycles. The third-order valence-electron chi connectivity index (χ3n) is 4.07. The first-order valence-electron chi connectivity index (χ1n) is 8.47. The molecular formula is C20H13F5N2O3S. The molecule has 5 nitrogen and oxygen atoms in total. The number of hydrogen-bond acceptors (Lipinski definition) is 6. The van der Waals surface area contributed by atoms with Crippen LogP contribution < -0.4 is 14.2 Å². The molecular weight excluding hydrogens is 443 g/mol. The van der Waals surface area contributed by atoms with Gasteiger partial charge in [0.2, 0.25) is 5.75 Å². The molecule has 3 rings (SSSR count). The van der Waals surface area contributed by atoms with E-state index in [1.54, 1.807) is 0 Å². The average Bonchev–Trinajstić information content (AvgIpc) is 3.14. The number of thiazole rings is 1. The van der Waals surface area contributed by atoms with E-state index in [-0.39, 0.29) is 33.3 Å². The summed E-state index contributed by atoms with van der Waals surface area (Å²) in [6, 6.07) is 7.80. The first-order chi connectivity index (χ1) is 14.7. The van der Waals surface area contributed by atoms with Gasteiger partial charge in [-0.2, -0.15) is 27.2 Å². The molecule has 0 unspecified atom stereocenters. The maximum Gasteiger partial charge on any atom is 0.416 e. The van der Waals surface area contributed by atoms with Crippen molar-refractivity contribution in [1.82, 2.24) is 4.98 Å². The average molecular weight is 456 g/mol. The molecule has 0 spiro atoms. The Bertz CT molecular complexity index is 1160. The van der Waals surface area contributed by atoms with Crippen molar-refractivity contribution in [3.63, 3.8) is 0 Å². The Hall–Kier alpha value is -3.39. The number of benzene rings is 2. The number of nitrogens with zero attached hydrogens (tertiary/aromatic N) is 2. The van der Waals surface area contributed by atoms with E-state index < -0.39 is 18.4 Å². The number of aromatic nitrogens is 1. The van der Waals surface area contributed by atoms with Crippen molar-refractivity contribution in [2.45, 2.75) is 12.8 Å². The van der Waals surface area contributed by atoms with Crippen LogP contribution in [0.5, 0.6) is 17.2 Å². The Morgan fingerprint density at radius 3 is 2.29 bits per heavy atom. The summed E-state index contributed by atoms with van der Waals surface area (Å²) >= 11 is 1.04. The van der Waals surface area contributed by atoms with Gasteiger partial charge in [0.1, 0.15) is 11.1 Å². The summed E-state index contributed by atoms with van der Waals surface area (Å²) in [6.07, 6.45) is -3.12. The number of alkyl halides is 5. The minimum atomic E-state index is -4.51. The van der Waals surface area contributed by atoms with Crippen LogP contribution in [0.4, 0.5) is 22.0 Å². The Labute approximate surface area is 176 Å².